The predicted molar refractivity (Wildman–Crippen MR) is 65.3 cm³/mol. The van der Waals surface area contributed by atoms with E-state index in [1.54, 1.807) is 23.3 Å². The fraction of sp³-hybridized carbons (Fsp3) is 0.538. The Balaban J connectivity index is 1.63. The summed E-state index contributed by atoms with van der Waals surface area (Å²) < 4.78 is 5.15. The maximum Gasteiger partial charge on any atom is 0.318 e. The Morgan fingerprint density at radius 3 is 2.95 bits per heavy atom. The number of carbonyl (C=O) groups excluding carboxylic acids is 1. The predicted octanol–water partition coefficient (Wildman–Crippen LogP) is 1.43. The van der Waals surface area contributed by atoms with Crippen LogP contribution in [0.5, 0.6) is 0 Å². The first-order valence-corrected chi connectivity index (χ1v) is 6.48. The van der Waals surface area contributed by atoms with Crippen LogP contribution in [0.3, 0.4) is 0 Å². The van der Waals surface area contributed by atoms with Crippen LogP contribution in [0, 0.1) is 5.92 Å². The van der Waals surface area contributed by atoms with Crippen LogP contribution in [0.25, 0.3) is 0 Å². The summed E-state index contributed by atoms with van der Waals surface area (Å²) >= 11 is 0. The number of aliphatic carboxylic acids is 1. The molecule has 2 saturated heterocycles. The lowest BCUT2D eigenvalue weighted by molar-refractivity contribution is -0.142. The second kappa shape index (κ2) is 4.60. The Morgan fingerprint density at radius 1 is 1.47 bits per heavy atom. The van der Waals surface area contributed by atoms with Crippen LogP contribution in [0.2, 0.25) is 0 Å². The van der Waals surface area contributed by atoms with E-state index in [0.29, 0.717) is 18.7 Å². The zero-order valence-electron chi connectivity index (χ0n) is 10.4. The molecule has 0 radical (unpaired) electrons. The molecule has 0 saturated carbocycles. The molecule has 6 heteroatoms. The van der Waals surface area contributed by atoms with Gasteiger partial charge >= 0.3 is 12.0 Å². The number of hydrogen-bond acceptors (Lipinski definition) is 3. The fourth-order valence-electron chi connectivity index (χ4n) is 3.24. The van der Waals surface area contributed by atoms with E-state index in [0.717, 1.165) is 12.8 Å². The SMILES string of the molecule is O=C(O)C1CC2CCC1N2C(=O)NCc1ccco1. The number of nitrogens with one attached hydrogen (secondary N) is 1. The molecular formula is C13H16N2O4. The summed E-state index contributed by atoms with van der Waals surface area (Å²) in [7, 11) is 0. The van der Waals surface area contributed by atoms with Crippen molar-refractivity contribution in [1.29, 1.82) is 0 Å². The van der Waals surface area contributed by atoms with Gasteiger partial charge in [-0.15, -0.1) is 0 Å². The molecule has 3 atom stereocenters. The molecule has 1 aromatic heterocycles. The molecule has 2 aliphatic rings. The van der Waals surface area contributed by atoms with Crippen molar-refractivity contribution in [3.05, 3.63) is 24.2 Å². The Labute approximate surface area is 110 Å². The monoisotopic (exact) mass is 264 g/mol. The number of nitrogens with zero attached hydrogens (tertiary/aromatic N) is 1. The van der Waals surface area contributed by atoms with Gasteiger partial charge in [-0.3, -0.25) is 4.79 Å². The maximum absolute atomic E-state index is 12.1. The lowest BCUT2D eigenvalue weighted by Gasteiger charge is -2.23. The third-order valence-corrected chi connectivity index (χ3v) is 4.08. The molecule has 0 aromatic carbocycles. The normalized spacial score (nSPS) is 28.6. The number of furan rings is 1. The molecule has 2 amide bonds. The summed E-state index contributed by atoms with van der Waals surface area (Å²) in [5.41, 5.74) is 0. The number of fused-ring (bicyclic) bond motifs is 2. The van der Waals surface area contributed by atoms with Crippen molar-refractivity contribution in [1.82, 2.24) is 10.2 Å². The van der Waals surface area contributed by atoms with E-state index >= 15 is 0 Å². The van der Waals surface area contributed by atoms with Crippen molar-refractivity contribution < 1.29 is 19.1 Å². The van der Waals surface area contributed by atoms with Crippen molar-refractivity contribution in [2.24, 2.45) is 5.92 Å². The van der Waals surface area contributed by atoms with E-state index < -0.39 is 11.9 Å². The first-order chi connectivity index (χ1) is 9.16. The molecule has 2 bridgehead atoms. The van der Waals surface area contributed by atoms with Gasteiger partial charge in [0.05, 0.1) is 18.7 Å². The summed E-state index contributed by atoms with van der Waals surface area (Å²) in [6.07, 6.45) is 3.83. The highest BCUT2D eigenvalue weighted by Gasteiger charge is 2.51. The summed E-state index contributed by atoms with van der Waals surface area (Å²) in [6.45, 7) is 0.333. The Bertz CT molecular complexity index is 485. The van der Waals surface area contributed by atoms with Gasteiger partial charge in [-0.25, -0.2) is 4.79 Å². The number of carbonyl (C=O) groups is 2. The minimum atomic E-state index is -0.795. The molecule has 3 heterocycles. The molecule has 1 aromatic rings. The molecule has 0 spiro atoms. The van der Waals surface area contributed by atoms with Crippen molar-refractivity contribution in [2.45, 2.75) is 37.9 Å². The van der Waals surface area contributed by atoms with Gasteiger partial charge in [0.2, 0.25) is 0 Å². The van der Waals surface area contributed by atoms with Gasteiger partial charge in [0.25, 0.3) is 0 Å². The fourth-order valence-corrected chi connectivity index (χ4v) is 3.24. The second-order valence-electron chi connectivity index (χ2n) is 5.12. The lowest BCUT2D eigenvalue weighted by Crippen LogP contribution is -2.43. The quantitative estimate of drug-likeness (QED) is 0.865. The van der Waals surface area contributed by atoms with E-state index in [1.807, 2.05) is 0 Å². The smallest absolute Gasteiger partial charge is 0.318 e. The van der Waals surface area contributed by atoms with Crippen molar-refractivity contribution in [3.8, 4) is 0 Å². The van der Waals surface area contributed by atoms with Crippen LogP contribution in [-0.4, -0.2) is 34.1 Å². The molecule has 102 valence electrons. The molecule has 3 unspecified atom stereocenters. The summed E-state index contributed by atoms with van der Waals surface area (Å²) in [5.74, 6) is -0.515. The van der Waals surface area contributed by atoms with Gasteiger partial charge in [0.15, 0.2) is 0 Å². The average molecular weight is 264 g/mol. The number of carboxylic acid groups (broad SMARTS) is 1. The molecular weight excluding hydrogens is 248 g/mol. The third kappa shape index (κ3) is 2.07. The number of rotatable bonds is 3. The van der Waals surface area contributed by atoms with E-state index in [1.165, 1.54) is 0 Å². The maximum atomic E-state index is 12.1. The first kappa shape index (κ1) is 12.1. The van der Waals surface area contributed by atoms with E-state index in [-0.39, 0.29) is 18.1 Å². The van der Waals surface area contributed by atoms with Gasteiger partial charge in [-0.05, 0) is 31.4 Å². The first-order valence-electron chi connectivity index (χ1n) is 6.48. The number of amides is 2. The van der Waals surface area contributed by atoms with Crippen LogP contribution in [-0.2, 0) is 11.3 Å². The zero-order valence-corrected chi connectivity index (χ0v) is 10.4. The van der Waals surface area contributed by atoms with Crippen molar-refractivity contribution in [3.63, 3.8) is 0 Å². The topological polar surface area (TPSA) is 82.8 Å². The van der Waals surface area contributed by atoms with Gasteiger partial charge in [0, 0.05) is 12.1 Å². The van der Waals surface area contributed by atoms with Crippen LogP contribution in [0.15, 0.2) is 22.8 Å². The zero-order chi connectivity index (χ0) is 13.4. The molecule has 0 aliphatic carbocycles. The Hall–Kier alpha value is -1.98. The standard InChI is InChI=1S/C13H16N2O4/c16-12(17)10-6-8-3-4-11(10)15(8)13(18)14-7-9-2-1-5-19-9/h1-2,5,8,10-11H,3-4,6-7H2,(H,14,18)(H,16,17). The Morgan fingerprint density at radius 2 is 2.32 bits per heavy atom. The number of carboxylic acids is 1. The van der Waals surface area contributed by atoms with Gasteiger partial charge in [-0.2, -0.15) is 0 Å². The highest BCUT2D eigenvalue weighted by atomic mass is 16.4. The number of urea groups is 1. The molecule has 2 aliphatic heterocycles. The molecule has 19 heavy (non-hydrogen) atoms. The van der Waals surface area contributed by atoms with E-state index in [4.69, 9.17) is 9.52 Å². The highest BCUT2D eigenvalue weighted by Crippen LogP contribution is 2.41. The molecule has 6 nitrogen and oxygen atoms in total. The van der Waals surface area contributed by atoms with Crippen LogP contribution < -0.4 is 5.32 Å². The average Bonchev–Trinajstić information content (AvgIpc) is 3.11. The summed E-state index contributed by atoms with van der Waals surface area (Å²) in [6, 6.07) is 3.29. The van der Waals surface area contributed by atoms with Crippen LogP contribution in [0.1, 0.15) is 25.0 Å². The molecule has 2 fully saturated rings. The highest BCUT2D eigenvalue weighted by molar-refractivity contribution is 5.79. The van der Waals surface area contributed by atoms with E-state index in [9.17, 15) is 9.59 Å². The van der Waals surface area contributed by atoms with Gasteiger partial charge in [0.1, 0.15) is 5.76 Å². The van der Waals surface area contributed by atoms with Crippen LogP contribution in [0.4, 0.5) is 4.79 Å². The largest absolute Gasteiger partial charge is 0.481 e. The number of hydrogen-bond donors (Lipinski definition) is 2. The van der Waals surface area contributed by atoms with Crippen LogP contribution >= 0.6 is 0 Å². The molecule has 2 N–H and O–H groups in total. The Kier molecular flexibility index (Phi) is 2.93. The minimum absolute atomic E-state index is 0.0719. The van der Waals surface area contributed by atoms with Gasteiger partial charge in [-0.1, -0.05) is 0 Å². The second-order valence-corrected chi connectivity index (χ2v) is 5.12. The van der Waals surface area contributed by atoms with Crippen molar-refractivity contribution in [2.75, 3.05) is 0 Å². The summed E-state index contributed by atoms with van der Waals surface area (Å²) in [4.78, 5) is 25.0. The van der Waals surface area contributed by atoms with Gasteiger partial charge < -0.3 is 19.7 Å². The minimum Gasteiger partial charge on any atom is -0.481 e. The van der Waals surface area contributed by atoms with Crippen molar-refractivity contribution >= 4 is 12.0 Å². The lowest BCUT2D eigenvalue weighted by atomic mass is 9.89. The van der Waals surface area contributed by atoms with E-state index in [2.05, 4.69) is 5.32 Å². The molecule has 3 rings (SSSR count). The summed E-state index contributed by atoms with van der Waals surface area (Å²) in [5, 5.41) is 11.9. The third-order valence-electron chi connectivity index (χ3n) is 4.08.